The van der Waals surface area contributed by atoms with Crippen LogP contribution in [0.25, 0.3) is 11.1 Å². The van der Waals surface area contributed by atoms with Gasteiger partial charge in [-0.1, -0.05) is 60.7 Å². The van der Waals surface area contributed by atoms with Gasteiger partial charge in [-0.15, -0.1) is 0 Å². The summed E-state index contributed by atoms with van der Waals surface area (Å²) < 4.78 is 22.6. The number of benzene rings is 4. The first-order valence-corrected chi connectivity index (χ1v) is 13.6. The second-order valence-electron chi connectivity index (χ2n) is 9.77. The van der Waals surface area contributed by atoms with E-state index >= 15 is 0 Å². The Balaban J connectivity index is 1.37. The molecule has 1 radical (unpaired) electrons. The van der Waals surface area contributed by atoms with Crippen LogP contribution >= 0.6 is 0 Å². The molecular formula is C34H33N2O6. The third-order valence-electron chi connectivity index (χ3n) is 7.22. The molecule has 0 unspecified atom stereocenters. The molecule has 0 saturated heterocycles. The van der Waals surface area contributed by atoms with Gasteiger partial charge < -0.3 is 24.7 Å². The van der Waals surface area contributed by atoms with Crippen LogP contribution in [0, 0.1) is 6.42 Å². The number of carbonyl (C=O) groups is 2. The lowest BCUT2D eigenvalue weighted by Gasteiger charge is -2.25. The van der Waals surface area contributed by atoms with Gasteiger partial charge in [0.1, 0.15) is 30.5 Å². The SMILES string of the molecule is COc1ccc(N(Cc2ccc(OCC(=O)[CH]CN)cc2)C(=O)OCC2c3ccccc3-c3ccccc32)c(OC)c1. The van der Waals surface area contributed by atoms with E-state index in [-0.39, 0.29) is 38.0 Å². The van der Waals surface area contributed by atoms with E-state index in [9.17, 15) is 9.59 Å². The zero-order valence-electron chi connectivity index (χ0n) is 23.6. The molecular weight excluding hydrogens is 532 g/mol. The highest BCUT2D eigenvalue weighted by molar-refractivity contribution is 5.90. The number of rotatable bonds is 12. The molecule has 8 nitrogen and oxygen atoms in total. The number of ketones is 1. The Morgan fingerprint density at radius 2 is 1.48 bits per heavy atom. The summed E-state index contributed by atoms with van der Waals surface area (Å²) in [6.45, 7) is 0.467. The van der Waals surface area contributed by atoms with E-state index in [2.05, 4.69) is 24.3 Å². The Morgan fingerprint density at radius 3 is 2.10 bits per heavy atom. The molecule has 4 aromatic rings. The molecule has 215 valence electrons. The first kappa shape index (κ1) is 28.7. The molecule has 0 saturated carbocycles. The van der Waals surface area contributed by atoms with Gasteiger partial charge in [0.05, 0.1) is 26.5 Å². The second-order valence-corrected chi connectivity index (χ2v) is 9.77. The van der Waals surface area contributed by atoms with Crippen molar-refractivity contribution in [3.05, 3.63) is 114 Å². The van der Waals surface area contributed by atoms with Crippen LogP contribution in [0.15, 0.2) is 91.0 Å². The minimum Gasteiger partial charge on any atom is -0.497 e. The van der Waals surface area contributed by atoms with E-state index in [0.717, 1.165) is 27.8 Å². The summed E-state index contributed by atoms with van der Waals surface area (Å²) in [6, 6.07) is 28.9. The predicted octanol–water partition coefficient (Wildman–Crippen LogP) is 5.77. The molecule has 0 spiro atoms. The minimum absolute atomic E-state index is 0.0726. The molecule has 5 rings (SSSR count). The average molecular weight is 566 g/mol. The van der Waals surface area contributed by atoms with Crippen molar-refractivity contribution in [1.29, 1.82) is 0 Å². The summed E-state index contributed by atoms with van der Waals surface area (Å²) in [6.07, 6.45) is 0.867. The van der Waals surface area contributed by atoms with Crippen molar-refractivity contribution in [1.82, 2.24) is 0 Å². The number of carbonyl (C=O) groups excluding carboxylic acids is 2. The topological polar surface area (TPSA) is 100 Å². The highest BCUT2D eigenvalue weighted by Gasteiger charge is 2.30. The summed E-state index contributed by atoms with van der Waals surface area (Å²) in [4.78, 5) is 27.1. The number of hydrogen-bond acceptors (Lipinski definition) is 7. The van der Waals surface area contributed by atoms with Crippen LogP contribution in [0.1, 0.15) is 22.6 Å². The molecule has 1 aliphatic carbocycles. The van der Waals surface area contributed by atoms with Crippen molar-refractivity contribution in [2.75, 3.05) is 38.9 Å². The molecule has 0 heterocycles. The highest BCUT2D eigenvalue weighted by Crippen LogP contribution is 2.44. The lowest BCUT2D eigenvalue weighted by Crippen LogP contribution is -2.32. The van der Waals surface area contributed by atoms with Crippen LogP contribution in [0.4, 0.5) is 10.5 Å². The Kier molecular flexibility index (Phi) is 9.04. The van der Waals surface area contributed by atoms with Crippen LogP contribution in [-0.4, -0.2) is 45.9 Å². The van der Waals surface area contributed by atoms with Gasteiger partial charge in [0.25, 0.3) is 0 Å². The van der Waals surface area contributed by atoms with Crippen LogP contribution in [-0.2, 0) is 16.1 Å². The van der Waals surface area contributed by atoms with Gasteiger partial charge in [0.15, 0.2) is 5.78 Å². The summed E-state index contributed by atoms with van der Waals surface area (Å²) in [5.74, 6) is 1.35. The van der Waals surface area contributed by atoms with E-state index in [1.807, 2.05) is 36.4 Å². The maximum absolute atomic E-state index is 13.8. The van der Waals surface area contributed by atoms with E-state index in [1.165, 1.54) is 6.42 Å². The maximum Gasteiger partial charge on any atom is 0.414 e. The van der Waals surface area contributed by atoms with Crippen molar-refractivity contribution in [3.63, 3.8) is 0 Å². The van der Waals surface area contributed by atoms with E-state index in [1.54, 1.807) is 49.5 Å². The van der Waals surface area contributed by atoms with Crippen LogP contribution < -0.4 is 24.8 Å². The quantitative estimate of drug-likeness (QED) is 0.233. The lowest BCUT2D eigenvalue weighted by atomic mass is 9.98. The van der Waals surface area contributed by atoms with Crippen LogP contribution in [0.5, 0.6) is 17.2 Å². The zero-order valence-corrected chi connectivity index (χ0v) is 23.6. The molecule has 2 N–H and O–H groups in total. The van der Waals surface area contributed by atoms with E-state index < -0.39 is 6.09 Å². The summed E-state index contributed by atoms with van der Waals surface area (Å²) in [5, 5.41) is 0. The normalized spacial score (nSPS) is 11.8. The molecule has 0 aliphatic heterocycles. The summed E-state index contributed by atoms with van der Waals surface area (Å²) >= 11 is 0. The van der Waals surface area contributed by atoms with Crippen LogP contribution in [0.2, 0.25) is 0 Å². The Labute approximate surface area is 245 Å². The summed E-state index contributed by atoms with van der Waals surface area (Å²) in [5.41, 5.74) is 11.3. The van der Waals surface area contributed by atoms with Gasteiger partial charge in [-0.25, -0.2) is 4.79 Å². The average Bonchev–Trinajstić information content (AvgIpc) is 3.35. The third kappa shape index (κ3) is 6.24. The smallest absolute Gasteiger partial charge is 0.414 e. The predicted molar refractivity (Wildman–Crippen MR) is 161 cm³/mol. The van der Waals surface area contributed by atoms with Gasteiger partial charge in [-0.2, -0.15) is 0 Å². The second kappa shape index (κ2) is 13.2. The lowest BCUT2D eigenvalue weighted by molar-refractivity contribution is -0.117. The molecule has 0 aromatic heterocycles. The van der Waals surface area contributed by atoms with Crippen molar-refractivity contribution in [3.8, 4) is 28.4 Å². The van der Waals surface area contributed by atoms with Crippen LogP contribution in [0.3, 0.4) is 0 Å². The van der Waals surface area contributed by atoms with E-state index in [4.69, 9.17) is 24.7 Å². The minimum atomic E-state index is -0.511. The maximum atomic E-state index is 13.8. The van der Waals surface area contributed by atoms with Crippen molar-refractivity contribution >= 4 is 17.6 Å². The largest absolute Gasteiger partial charge is 0.497 e. The number of Topliss-reactive ketones (excluding diaryl/α,β-unsaturated/α-hetero) is 1. The number of methoxy groups -OCH3 is 2. The van der Waals surface area contributed by atoms with Crippen molar-refractivity contribution in [2.45, 2.75) is 12.5 Å². The molecule has 8 heteroatoms. The van der Waals surface area contributed by atoms with Gasteiger partial charge in [0.2, 0.25) is 0 Å². The monoisotopic (exact) mass is 565 g/mol. The standard InChI is InChI=1S/C34H33N2O6/c1-39-26-15-16-32(33(19-26)40-2)36(20-23-11-13-25(14-12-23)41-21-24(37)17-18-35)34(38)42-22-31-29-9-5-3-7-27(29)28-8-4-6-10-30(28)31/h3-17,19,31H,18,20-22,35H2,1-2H3. The molecule has 0 atom stereocenters. The fourth-order valence-corrected chi connectivity index (χ4v) is 5.15. The fraction of sp³-hybridized carbons (Fsp3) is 0.206. The molecule has 0 fully saturated rings. The van der Waals surface area contributed by atoms with Gasteiger partial charge >= 0.3 is 6.09 Å². The molecule has 4 aromatic carbocycles. The summed E-state index contributed by atoms with van der Waals surface area (Å²) in [7, 11) is 3.12. The number of fused-ring (bicyclic) bond motifs is 3. The van der Waals surface area contributed by atoms with Gasteiger partial charge in [0, 0.05) is 24.9 Å². The number of hydrogen-bond donors (Lipinski definition) is 1. The Bertz CT molecular complexity index is 1510. The molecule has 1 aliphatic rings. The third-order valence-corrected chi connectivity index (χ3v) is 7.22. The molecule has 42 heavy (non-hydrogen) atoms. The highest BCUT2D eigenvalue weighted by atomic mass is 16.6. The Morgan fingerprint density at radius 1 is 0.833 bits per heavy atom. The molecule has 1 amide bonds. The van der Waals surface area contributed by atoms with Crippen molar-refractivity contribution < 1.29 is 28.5 Å². The zero-order chi connectivity index (χ0) is 29.5. The first-order valence-electron chi connectivity index (χ1n) is 13.6. The van der Waals surface area contributed by atoms with E-state index in [0.29, 0.717) is 22.9 Å². The van der Waals surface area contributed by atoms with Gasteiger partial charge in [-0.3, -0.25) is 9.69 Å². The first-order chi connectivity index (χ1) is 20.5. The number of anilines is 1. The number of nitrogens with zero attached hydrogens (tertiary/aromatic N) is 1. The van der Waals surface area contributed by atoms with Gasteiger partial charge in [-0.05, 0) is 52.1 Å². The Hall–Kier alpha value is -4.82. The number of nitrogens with two attached hydrogens (primary N) is 1. The fourth-order valence-electron chi connectivity index (χ4n) is 5.15. The number of amides is 1. The van der Waals surface area contributed by atoms with Crippen molar-refractivity contribution in [2.24, 2.45) is 5.73 Å². The number of ether oxygens (including phenoxy) is 4. The molecule has 0 bridgehead atoms.